The number of imide groups is 1. The molecule has 0 spiro atoms. The molecule has 4 amide bonds. The Hall–Kier alpha value is -3.19. The average molecular weight is 380 g/mol. The van der Waals surface area contributed by atoms with E-state index in [9.17, 15) is 14.4 Å². The second-order valence-corrected chi connectivity index (χ2v) is 6.90. The van der Waals surface area contributed by atoms with Gasteiger partial charge in [-0.25, -0.2) is 4.79 Å². The maximum Gasteiger partial charge on any atom is 0.324 e. The minimum absolute atomic E-state index is 0.00517. The average Bonchev–Trinajstić information content (AvgIpc) is 3.01. The van der Waals surface area contributed by atoms with E-state index in [1.54, 1.807) is 24.3 Å². The van der Waals surface area contributed by atoms with E-state index in [0.29, 0.717) is 17.7 Å². The molecule has 0 aromatic heterocycles. The van der Waals surface area contributed by atoms with Gasteiger partial charge in [0.1, 0.15) is 0 Å². The lowest BCUT2D eigenvalue weighted by Gasteiger charge is -2.25. The summed E-state index contributed by atoms with van der Waals surface area (Å²) in [4.78, 5) is 39.7. The molecule has 146 valence electrons. The number of urea groups is 1. The number of carbonyl (C=O) groups excluding carboxylic acids is 3. The summed E-state index contributed by atoms with van der Waals surface area (Å²) in [6.07, 6.45) is 0. The van der Waals surface area contributed by atoms with Crippen molar-refractivity contribution in [2.24, 2.45) is 0 Å². The Balaban J connectivity index is 1.72. The number of nitrogens with one attached hydrogen (secondary N) is 2. The summed E-state index contributed by atoms with van der Waals surface area (Å²) in [6.45, 7) is 0.506. The van der Waals surface area contributed by atoms with Crippen LogP contribution in [-0.4, -0.2) is 54.8 Å². The molecule has 7 nitrogen and oxygen atoms in total. The van der Waals surface area contributed by atoms with Crippen LogP contribution in [0.2, 0.25) is 0 Å². The van der Waals surface area contributed by atoms with Crippen LogP contribution in [0.15, 0.2) is 54.6 Å². The maximum atomic E-state index is 12.8. The summed E-state index contributed by atoms with van der Waals surface area (Å²) in [5.74, 6) is -0.526. The fraction of sp³-hybridized carbons (Fsp3) is 0.286. The third-order valence-corrected chi connectivity index (χ3v) is 4.79. The predicted octanol–water partition coefficient (Wildman–Crippen LogP) is 1.77. The molecule has 0 radical (unpaired) electrons. The number of hydrogen-bond donors (Lipinski definition) is 2. The highest BCUT2D eigenvalue weighted by atomic mass is 16.2. The van der Waals surface area contributed by atoms with E-state index in [-0.39, 0.29) is 30.9 Å². The summed E-state index contributed by atoms with van der Waals surface area (Å²) in [7, 11) is 3.94. The Morgan fingerprint density at radius 1 is 1.11 bits per heavy atom. The topological polar surface area (TPSA) is 81.8 Å². The van der Waals surface area contributed by atoms with Gasteiger partial charge in [-0.05, 0) is 31.3 Å². The molecule has 1 aliphatic rings. The summed E-state index contributed by atoms with van der Waals surface area (Å²) in [5, 5.41) is 5.47. The van der Waals surface area contributed by atoms with Crippen LogP contribution in [0.3, 0.4) is 0 Å². The Labute approximate surface area is 164 Å². The second-order valence-electron chi connectivity index (χ2n) is 6.90. The van der Waals surface area contributed by atoms with E-state index < -0.39 is 6.03 Å². The molecule has 3 rings (SSSR count). The van der Waals surface area contributed by atoms with E-state index in [1.807, 2.05) is 44.4 Å². The molecule has 1 saturated heterocycles. The van der Waals surface area contributed by atoms with Gasteiger partial charge in [0.2, 0.25) is 5.91 Å². The van der Waals surface area contributed by atoms with Crippen LogP contribution in [0.4, 0.5) is 4.79 Å². The number of carbonyl (C=O) groups is 3. The number of benzene rings is 2. The van der Waals surface area contributed by atoms with Gasteiger partial charge in [0.15, 0.2) is 0 Å². The van der Waals surface area contributed by atoms with E-state index in [4.69, 9.17) is 0 Å². The fourth-order valence-corrected chi connectivity index (χ4v) is 3.22. The summed E-state index contributed by atoms with van der Waals surface area (Å²) in [5.41, 5.74) is 2.20. The molecule has 2 aromatic rings. The van der Waals surface area contributed by atoms with Gasteiger partial charge < -0.3 is 15.5 Å². The van der Waals surface area contributed by atoms with Gasteiger partial charge in [-0.3, -0.25) is 14.5 Å². The smallest absolute Gasteiger partial charge is 0.324 e. The number of amides is 4. The largest absolute Gasteiger partial charge is 0.350 e. The molecule has 1 aliphatic heterocycles. The lowest BCUT2D eigenvalue weighted by atomic mass is 10.0. The highest BCUT2D eigenvalue weighted by Gasteiger charge is 2.29. The molecule has 0 aliphatic carbocycles. The van der Waals surface area contributed by atoms with Gasteiger partial charge in [-0.1, -0.05) is 48.5 Å². The highest BCUT2D eigenvalue weighted by molar-refractivity contribution is 6.02. The first-order chi connectivity index (χ1) is 13.5. The number of likely N-dealkylation sites (N-methyl/N-ethyl adjacent to an activating group) is 1. The molecule has 1 atom stereocenters. The molecule has 0 bridgehead atoms. The first-order valence-electron chi connectivity index (χ1n) is 9.13. The van der Waals surface area contributed by atoms with Crippen molar-refractivity contribution in [3.63, 3.8) is 0 Å². The van der Waals surface area contributed by atoms with Crippen LogP contribution < -0.4 is 10.6 Å². The van der Waals surface area contributed by atoms with Gasteiger partial charge in [-0.15, -0.1) is 0 Å². The molecule has 0 saturated carbocycles. The van der Waals surface area contributed by atoms with Gasteiger partial charge in [0.05, 0.1) is 19.1 Å². The summed E-state index contributed by atoms with van der Waals surface area (Å²) >= 11 is 0. The molecule has 2 aromatic carbocycles. The number of nitrogens with zero attached hydrogens (tertiary/aromatic N) is 2. The Kier molecular flexibility index (Phi) is 6.06. The second kappa shape index (κ2) is 8.67. The van der Waals surface area contributed by atoms with Crippen molar-refractivity contribution in [2.45, 2.75) is 12.6 Å². The zero-order valence-electron chi connectivity index (χ0n) is 16.0. The highest BCUT2D eigenvalue weighted by Crippen LogP contribution is 2.18. The molecular formula is C21H24N4O3. The van der Waals surface area contributed by atoms with Gasteiger partial charge >= 0.3 is 6.03 Å². The van der Waals surface area contributed by atoms with Crippen molar-refractivity contribution in [3.8, 4) is 0 Å². The van der Waals surface area contributed by atoms with Crippen molar-refractivity contribution in [1.82, 2.24) is 20.4 Å². The number of rotatable bonds is 7. The molecular weight excluding hydrogens is 356 g/mol. The van der Waals surface area contributed by atoms with Crippen molar-refractivity contribution >= 4 is 17.8 Å². The molecule has 28 heavy (non-hydrogen) atoms. The first kappa shape index (κ1) is 19.6. The predicted molar refractivity (Wildman–Crippen MR) is 106 cm³/mol. The van der Waals surface area contributed by atoms with Crippen molar-refractivity contribution in [3.05, 3.63) is 71.3 Å². The van der Waals surface area contributed by atoms with Crippen molar-refractivity contribution in [2.75, 3.05) is 27.2 Å². The van der Waals surface area contributed by atoms with E-state index in [0.717, 1.165) is 10.5 Å². The van der Waals surface area contributed by atoms with Gasteiger partial charge in [0.25, 0.3) is 5.91 Å². The van der Waals surface area contributed by atoms with E-state index >= 15 is 0 Å². The SMILES string of the molecule is CN(C)[C@@H](CNC(=O)c1ccccc1CN1C(=O)CNC1=O)c1ccccc1. The van der Waals surface area contributed by atoms with Crippen LogP contribution in [0, 0.1) is 0 Å². The van der Waals surface area contributed by atoms with Crippen LogP contribution in [0.1, 0.15) is 27.5 Å². The molecule has 1 fully saturated rings. The molecule has 0 unspecified atom stereocenters. The van der Waals surface area contributed by atoms with Crippen molar-refractivity contribution < 1.29 is 14.4 Å². The normalized spacial score (nSPS) is 14.9. The zero-order chi connectivity index (χ0) is 20.1. The summed E-state index contributed by atoms with van der Waals surface area (Å²) in [6, 6.07) is 16.6. The zero-order valence-corrected chi connectivity index (χ0v) is 16.0. The Morgan fingerprint density at radius 3 is 2.43 bits per heavy atom. The summed E-state index contributed by atoms with van der Waals surface area (Å²) < 4.78 is 0. The van der Waals surface area contributed by atoms with E-state index in [2.05, 4.69) is 15.5 Å². The molecule has 1 heterocycles. The van der Waals surface area contributed by atoms with Gasteiger partial charge in [0, 0.05) is 12.1 Å². The van der Waals surface area contributed by atoms with Crippen LogP contribution in [-0.2, 0) is 11.3 Å². The fourth-order valence-electron chi connectivity index (χ4n) is 3.22. The minimum Gasteiger partial charge on any atom is -0.350 e. The van der Waals surface area contributed by atoms with Crippen LogP contribution in [0.5, 0.6) is 0 Å². The lowest BCUT2D eigenvalue weighted by molar-refractivity contribution is -0.125. The van der Waals surface area contributed by atoms with Crippen molar-refractivity contribution in [1.29, 1.82) is 0 Å². The lowest BCUT2D eigenvalue weighted by Crippen LogP contribution is -2.36. The van der Waals surface area contributed by atoms with E-state index in [1.165, 1.54) is 0 Å². The third kappa shape index (κ3) is 4.37. The quantitative estimate of drug-likeness (QED) is 0.718. The maximum absolute atomic E-state index is 12.8. The van der Waals surface area contributed by atoms with Crippen LogP contribution in [0.25, 0.3) is 0 Å². The van der Waals surface area contributed by atoms with Gasteiger partial charge in [-0.2, -0.15) is 0 Å². The minimum atomic E-state index is -0.433. The Bertz CT molecular complexity index is 851. The molecule has 2 N–H and O–H groups in total. The standard InChI is InChI=1S/C21H24N4O3/c1-24(2)18(15-8-4-3-5-9-15)12-22-20(27)17-11-7-6-10-16(17)14-25-19(26)13-23-21(25)28/h3-11,18H,12-14H2,1-2H3,(H,22,27)(H,23,28)/t18-/m0/s1. The monoisotopic (exact) mass is 380 g/mol. The number of hydrogen-bond acceptors (Lipinski definition) is 4. The molecule has 7 heteroatoms. The third-order valence-electron chi connectivity index (χ3n) is 4.79. The Morgan fingerprint density at radius 2 is 1.79 bits per heavy atom. The first-order valence-corrected chi connectivity index (χ1v) is 9.13. The van der Waals surface area contributed by atoms with Crippen LogP contribution >= 0.6 is 0 Å².